The first-order valence-electron chi connectivity index (χ1n) is 6.65. The summed E-state index contributed by atoms with van der Waals surface area (Å²) in [4.78, 5) is 15.9. The highest BCUT2D eigenvalue weighted by atomic mass is 16.5. The van der Waals surface area contributed by atoms with E-state index >= 15 is 0 Å². The zero-order valence-corrected chi connectivity index (χ0v) is 11.8. The number of carbonyl (C=O) groups is 1. The molecular formula is C15H21NO3. The number of para-hydroxylation sites is 1. The third-order valence-electron chi connectivity index (χ3n) is 2.53. The number of hydrogen-bond acceptors (Lipinski definition) is 4. The number of esters is 1. The van der Waals surface area contributed by atoms with Gasteiger partial charge in [0.2, 0.25) is 0 Å². The molecule has 0 unspecified atom stereocenters. The van der Waals surface area contributed by atoms with Crippen LogP contribution in [0.3, 0.4) is 0 Å². The first kappa shape index (κ1) is 15.2. The van der Waals surface area contributed by atoms with Crippen molar-refractivity contribution in [1.82, 2.24) is 0 Å². The molecule has 0 heterocycles. The first-order chi connectivity index (χ1) is 9.21. The monoisotopic (exact) mass is 263 g/mol. The van der Waals surface area contributed by atoms with E-state index in [9.17, 15) is 4.79 Å². The Morgan fingerprint density at radius 1 is 1.11 bits per heavy atom. The standard InChI is InChI=1S/C15H21NO3/c1-4-12-9-7-8-10-13(12)16-14(18-5-2)11-15(17)19-6-3/h7-10H,4-6,11H2,1-3H3. The molecule has 0 amide bonds. The molecule has 0 aromatic heterocycles. The SMILES string of the molecule is CCOC(=O)CC(=Nc1ccccc1CC)OCC. The average molecular weight is 263 g/mol. The topological polar surface area (TPSA) is 47.9 Å². The molecule has 1 aromatic carbocycles. The maximum Gasteiger partial charge on any atom is 0.315 e. The van der Waals surface area contributed by atoms with Crippen LogP contribution in [0.5, 0.6) is 0 Å². The number of hydrogen-bond donors (Lipinski definition) is 0. The van der Waals surface area contributed by atoms with Crippen LogP contribution in [0.4, 0.5) is 5.69 Å². The molecule has 0 N–H and O–H groups in total. The molecule has 0 radical (unpaired) electrons. The Hall–Kier alpha value is -1.84. The summed E-state index contributed by atoms with van der Waals surface area (Å²) < 4.78 is 10.3. The summed E-state index contributed by atoms with van der Waals surface area (Å²) in [6, 6.07) is 7.84. The Balaban J connectivity index is 2.90. The predicted molar refractivity (Wildman–Crippen MR) is 75.8 cm³/mol. The van der Waals surface area contributed by atoms with E-state index in [1.54, 1.807) is 6.92 Å². The summed E-state index contributed by atoms with van der Waals surface area (Å²) in [5, 5.41) is 0. The number of nitrogens with zero attached hydrogens (tertiary/aromatic N) is 1. The number of benzene rings is 1. The lowest BCUT2D eigenvalue weighted by atomic mass is 10.1. The van der Waals surface area contributed by atoms with Crippen LogP contribution in [0.25, 0.3) is 0 Å². The van der Waals surface area contributed by atoms with Gasteiger partial charge in [0.25, 0.3) is 0 Å². The van der Waals surface area contributed by atoms with E-state index in [1.807, 2.05) is 31.2 Å². The van der Waals surface area contributed by atoms with Crippen molar-refractivity contribution in [3.8, 4) is 0 Å². The highest BCUT2D eigenvalue weighted by molar-refractivity contribution is 5.95. The van der Waals surface area contributed by atoms with Gasteiger partial charge in [0.15, 0.2) is 5.90 Å². The molecular weight excluding hydrogens is 242 g/mol. The molecule has 4 nitrogen and oxygen atoms in total. The molecule has 0 fully saturated rings. The fraction of sp³-hybridized carbons (Fsp3) is 0.467. The van der Waals surface area contributed by atoms with Crippen LogP contribution in [0.15, 0.2) is 29.3 Å². The summed E-state index contributed by atoms with van der Waals surface area (Å²) in [6.45, 7) is 6.56. The molecule has 0 spiro atoms. The molecule has 104 valence electrons. The van der Waals surface area contributed by atoms with E-state index in [-0.39, 0.29) is 12.4 Å². The lowest BCUT2D eigenvalue weighted by Crippen LogP contribution is -2.14. The van der Waals surface area contributed by atoms with E-state index in [2.05, 4.69) is 11.9 Å². The van der Waals surface area contributed by atoms with Gasteiger partial charge in [-0.3, -0.25) is 4.79 Å². The van der Waals surface area contributed by atoms with Gasteiger partial charge in [-0.15, -0.1) is 0 Å². The fourth-order valence-corrected chi connectivity index (χ4v) is 1.68. The Morgan fingerprint density at radius 2 is 1.79 bits per heavy atom. The third-order valence-corrected chi connectivity index (χ3v) is 2.53. The maximum atomic E-state index is 11.5. The minimum Gasteiger partial charge on any atom is -0.481 e. The second-order valence-corrected chi connectivity index (χ2v) is 3.90. The number of carbonyl (C=O) groups excluding carboxylic acids is 1. The van der Waals surface area contributed by atoms with Crippen LogP contribution < -0.4 is 0 Å². The molecule has 1 aromatic rings. The van der Waals surface area contributed by atoms with Crippen LogP contribution >= 0.6 is 0 Å². The van der Waals surface area contributed by atoms with Crippen molar-refractivity contribution >= 4 is 17.6 Å². The lowest BCUT2D eigenvalue weighted by Gasteiger charge is -2.09. The highest BCUT2D eigenvalue weighted by Crippen LogP contribution is 2.20. The first-order valence-corrected chi connectivity index (χ1v) is 6.65. The van der Waals surface area contributed by atoms with Gasteiger partial charge in [0.1, 0.15) is 6.42 Å². The van der Waals surface area contributed by atoms with Crippen molar-refractivity contribution in [1.29, 1.82) is 0 Å². The van der Waals surface area contributed by atoms with Gasteiger partial charge < -0.3 is 9.47 Å². The van der Waals surface area contributed by atoms with E-state index < -0.39 is 0 Å². The molecule has 0 aliphatic carbocycles. The van der Waals surface area contributed by atoms with Gasteiger partial charge >= 0.3 is 5.97 Å². The zero-order valence-electron chi connectivity index (χ0n) is 11.8. The lowest BCUT2D eigenvalue weighted by molar-refractivity contribution is -0.141. The fourth-order valence-electron chi connectivity index (χ4n) is 1.68. The molecule has 1 rings (SSSR count). The average Bonchev–Trinajstić information content (AvgIpc) is 2.40. The van der Waals surface area contributed by atoms with Gasteiger partial charge in [-0.05, 0) is 31.9 Å². The van der Waals surface area contributed by atoms with Crippen LogP contribution in [0, 0.1) is 0 Å². The van der Waals surface area contributed by atoms with Crippen LogP contribution in [0.2, 0.25) is 0 Å². The quantitative estimate of drug-likeness (QED) is 0.449. The Labute approximate surface area is 114 Å². The van der Waals surface area contributed by atoms with Gasteiger partial charge in [0.05, 0.1) is 18.9 Å². The number of aliphatic imine (C=N–C) groups is 1. The summed E-state index contributed by atoms with van der Waals surface area (Å²) >= 11 is 0. The smallest absolute Gasteiger partial charge is 0.315 e. The molecule has 4 heteroatoms. The van der Waals surface area contributed by atoms with Crippen molar-refractivity contribution in [3.05, 3.63) is 29.8 Å². The minimum absolute atomic E-state index is 0.0692. The summed E-state index contributed by atoms with van der Waals surface area (Å²) in [7, 11) is 0. The van der Waals surface area contributed by atoms with Crippen molar-refractivity contribution in [3.63, 3.8) is 0 Å². The Kier molecular flexibility index (Phi) is 6.64. The van der Waals surface area contributed by atoms with Crippen LogP contribution in [0.1, 0.15) is 32.8 Å². The van der Waals surface area contributed by atoms with Gasteiger partial charge in [-0.2, -0.15) is 0 Å². The van der Waals surface area contributed by atoms with E-state index in [0.717, 1.165) is 17.7 Å². The highest BCUT2D eigenvalue weighted by Gasteiger charge is 2.10. The van der Waals surface area contributed by atoms with E-state index in [4.69, 9.17) is 9.47 Å². The molecule has 0 aliphatic rings. The van der Waals surface area contributed by atoms with Crippen LogP contribution in [-0.2, 0) is 20.7 Å². The Bertz CT molecular complexity index is 441. The predicted octanol–water partition coefficient (Wildman–Crippen LogP) is 3.27. The normalized spacial score (nSPS) is 11.2. The molecule has 19 heavy (non-hydrogen) atoms. The zero-order chi connectivity index (χ0) is 14.1. The number of aryl methyl sites for hydroxylation is 1. The molecule has 0 saturated carbocycles. The largest absolute Gasteiger partial charge is 0.481 e. The summed E-state index contributed by atoms with van der Waals surface area (Å²) in [5.74, 6) is 0.0885. The van der Waals surface area contributed by atoms with Crippen molar-refractivity contribution in [2.24, 2.45) is 4.99 Å². The summed E-state index contributed by atoms with van der Waals surface area (Å²) in [5.41, 5.74) is 1.97. The third kappa shape index (κ3) is 5.12. The van der Waals surface area contributed by atoms with Crippen LogP contribution in [-0.4, -0.2) is 25.1 Å². The van der Waals surface area contributed by atoms with E-state index in [1.165, 1.54) is 0 Å². The van der Waals surface area contributed by atoms with Gasteiger partial charge in [0, 0.05) is 0 Å². The van der Waals surface area contributed by atoms with Crippen molar-refractivity contribution < 1.29 is 14.3 Å². The molecule has 0 atom stereocenters. The molecule has 0 bridgehead atoms. The second-order valence-electron chi connectivity index (χ2n) is 3.90. The van der Waals surface area contributed by atoms with Gasteiger partial charge in [-0.1, -0.05) is 25.1 Å². The number of rotatable bonds is 6. The molecule has 0 aliphatic heterocycles. The van der Waals surface area contributed by atoms with Gasteiger partial charge in [-0.25, -0.2) is 4.99 Å². The number of ether oxygens (including phenoxy) is 2. The Morgan fingerprint density at radius 3 is 2.42 bits per heavy atom. The maximum absolute atomic E-state index is 11.5. The summed E-state index contributed by atoms with van der Waals surface area (Å²) in [6.07, 6.45) is 0.957. The van der Waals surface area contributed by atoms with Crippen molar-refractivity contribution in [2.75, 3.05) is 13.2 Å². The minimum atomic E-state index is -0.316. The van der Waals surface area contributed by atoms with E-state index in [0.29, 0.717) is 19.1 Å². The second kappa shape index (κ2) is 8.29. The van der Waals surface area contributed by atoms with Crippen molar-refractivity contribution in [2.45, 2.75) is 33.6 Å². The molecule has 0 saturated heterocycles.